The van der Waals surface area contributed by atoms with Crippen LogP contribution in [-0.4, -0.2) is 31.1 Å². The summed E-state index contributed by atoms with van der Waals surface area (Å²) in [4.78, 5) is 11.1. The third-order valence-electron chi connectivity index (χ3n) is 2.27. The quantitative estimate of drug-likeness (QED) is 0.529. The molecule has 1 aliphatic rings. The van der Waals surface area contributed by atoms with Gasteiger partial charge in [0, 0.05) is 6.42 Å². The minimum absolute atomic E-state index is 0.0663. The molecule has 0 bridgehead atoms. The summed E-state index contributed by atoms with van der Waals surface area (Å²) < 4.78 is 15.8. The van der Waals surface area contributed by atoms with E-state index in [4.69, 9.17) is 9.47 Å². The second-order valence-electron chi connectivity index (χ2n) is 4.05. The Kier molecular flexibility index (Phi) is 3.88. The summed E-state index contributed by atoms with van der Waals surface area (Å²) in [6.45, 7) is 7.34. The lowest BCUT2D eigenvalue weighted by atomic mass is 10.1. The molecule has 86 valence electrons. The smallest absolute Gasteiger partial charge is 0.308 e. The minimum atomic E-state index is -0.671. The van der Waals surface area contributed by atoms with Crippen LogP contribution < -0.4 is 0 Å². The van der Waals surface area contributed by atoms with Gasteiger partial charge in [-0.05, 0) is 13.8 Å². The van der Waals surface area contributed by atoms with Crippen LogP contribution in [0.2, 0.25) is 0 Å². The van der Waals surface area contributed by atoms with Crippen molar-refractivity contribution in [1.29, 1.82) is 0 Å². The molecular formula is C11H18O4. The fourth-order valence-corrected chi connectivity index (χ4v) is 1.69. The second kappa shape index (κ2) is 4.77. The predicted molar refractivity (Wildman–Crippen MR) is 55.3 cm³/mol. The maximum Gasteiger partial charge on any atom is 0.308 e. The normalized spacial score (nSPS) is 29.5. The number of methoxy groups -OCH3 is 1. The Hall–Kier alpha value is -0.870. The molecule has 2 atom stereocenters. The van der Waals surface area contributed by atoms with Gasteiger partial charge in [0.05, 0.1) is 25.7 Å². The highest BCUT2D eigenvalue weighted by atomic mass is 16.7. The summed E-state index contributed by atoms with van der Waals surface area (Å²) >= 11 is 0. The molecule has 0 spiro atoms. The Balaban J connectivity index is 2.58. The third kappa shape index (κ3) is 3.64. The monoisotopic (exact) mass is 214 g/mol. The number of hydrogen-bond acceptors (Lipinski definition) is 4. The molecule has 4 heteroatoms. The molecule has 1 fully saturated rings. The first kappa shape index (κ1) is 12.2. The van der Waals surface area contributed by atoms with Crippen LogP contribution in [-0.2, 0) is 19.0 Å². The fourth-order valence-electron chi connectivity index (χ4n) is 1.69. The van der Waals surface area contributed by atoms with Gasteiger partial charge in [-0.2, -0.15) is 0 Å². The van der Waals surface area contributed by atoms with Gasteiger partial charge in [0.15, 0.2) is 5.79 Å². The van der Waals surface area contributed by atoms with Gasteiger partial charge < -0.3 is 14.2 Å². The Morgan fingerprint density at radius 2 is 2.27 bits per heavy atom. The molecule has 1 heterocycles. The van der Waals surface area contributed by atoms with Gasteiger partial charge >= 0.3 is 5.97 Å². The lowest BCUT2D eigenvalue weighted by molar-refractivity contribution is -0.290. The number of ether oxygens (including phenoxy) is 3. The summed E-state index contributed by atoms with van der Waals surface area (Å²) in [6.07, 6.45) is 2.40. The molecule has 1 rings (SSSR count). The minimum Gasteiger partial charge on any atom is -0.469 e. The van der Waals surface area contributed by atoms with Gasteiger partial charge in [0.25, 0.3) is 0 Å². The van der Waals surface area contributed by atoms with Crippen LogP contribution in [0.1, 0.15) is 26.7 Å². The van der Waals surface area contributed by atoms with E-state index in [-0.39, 0.29) is 24.6 Å². The number of rotatable bonds is 3. The molecule has 0 aliphatic carbocycles. The molecule has 1 aliphatic heterocycles. The molecular weight excluding hydrogens is 196 g/mol. The van der Waals surface area contributed by atoms with Gasteiger partial charge in [-0.25, -0.2) is 0 Å². The van der Waals surface area contributed by atoms with E-state index >= 15 is 0 Å². The van der Waals surface area contributed by atoms with Crippen molar-refractivity contribution < 1.29 is 19.0 Å². The van der Waals surface area contributed by atoms with E-state index in [0.717, 1.165) is 0 Å². The summed E-state index contributed by atoms with van der Waals surface area (Å²) in [6, 6.07) is 0. The van der Waals surface area contributed by atoms with Crippen LogP contribution in [0, 0.1) is 0 Å². The van der Waals surface area contributed by atoms with Crippen molar-refractivity contribution >= 4 is 5.97 Å². The summed E-state index contributed by atoms with van der Waals surface area (Å²) in [5.41, 5.74) is 0. The van der Waals surface area contributed by atoms with Crippen molar-refractivity contribution in [3.05, 3.63) is 12.7 Å². The van der Waals surface area contributed by atoms with Crippen molar-refractivity contribution in [3.63, 3.8) is 0 Å². The second-order valence-corrected chi connectivity index (χ2v) is 4.05. The van der Waals surface area contributed by atoms with Gasteiger partial charge in [-0.1, -0.05) is 6.08 Å². The van der Waals surface area contributed by atoms with Crippen LogP contribution in [0.4, 0.5) is 0 Å². The van der Waals surface area contributed by atoms with E-state index in [1.165, 1.54) is 7.11 Å². The van der Waals surface area contributed by atoms with Crippen LogP contribution in [0.5, 0.6) is 0 Å². The molecule has 0 N–H and O–H groups in total. The molecule has 0 aromatic carbocycles. The van der Waals surface area contributed by atoms with Crippen LogP contribution in [0.15, 0.2) is 12.7 Å². The van der Waals surface area contributed by atoms with E-state index in [9.17, 15) is 4.79 Å². The van der Waals surface area contributed by atoms with Crippen molar-refractivity contribution in [3.8, 4) is 0 Å². The Labute approximate surface area is 90.2 Å². The SMILES string of the molecule is C=C[C@@H]1C[C@H](CC(=O)OC)OC(C)(C)O1. The highest BCUT2D eigenvalue weighted by Crippen LogP contribution is 2.28. The molecule has 0 aromatic heterocycles. The Morgan fingerprint density at radius 1 is 1.60 bits per heavy atom. The summed E-state index contributed by atoms with van der Waals surface area (Å²) in [5, 5.41) is 0. The Morgan fingerprint density at radius 3 is 2.80 bits per heavy atom. The van der Waals surface area contributed by atoms with Gasteiger partial charge in [-0.15, -0.1) is 6.58 Å². The molecule has 0 amide bonds. The average Bonchev–Trinajstić information content (AvgIpc) is 2.15. The van der Waals surface area contributed by atoms with E-state index in [0.29, 0.717) is 6.42 Å². The van der Waals surface area contributed by atoms with E-state index in [1.807, 2.05) is 13.8 Å². The van der Waals surface area contributed by atoms with Crippen molar-refractivity contribution in [2.45, 2.75) is 44.7 Å². The fraction of sp³-hybridized carbons (Fsp3) is 0.727. The van der Waals surface area contributed by atoms with Crippen molar-refractivity contribution in [2.24, 2.45) is 0 Å². The topological polar surface area (TPSA) is 44.8 Å². The standard InChI is InChI=1S/C11H18O4/c1-5-8-6-9(7-10(12)13-4)15-11(2,3)14-8/h5,8-9H,1,6-7H2,2-4H3/t8-,9-/m1/s1. The highest BCUT2D eigenvalue weighted by molar-refractivity contribution is 5.69. The molecule has 1 saturated heterocycles. The maximum atomic E-state index is 11.1. The zero-order valence-electron chi connectivity index (χ0n) is 9.49. The van der Waals surface area contributed by atoms with E-state index in [2.05, 4.69) is 11.3 Å². The molecule has 0 saturated carbocycles. The number of esters is 1. The van der Waals surface area contributed by atoms with Gasteiger partial charge in [0.1, 0.15) is 0 Å². The lowest BCUT2D eigenvalue weighted by Gasteiger charge is -2.39. The lowest BCUT2D eigenvalue weighted by Crippen LogP contribution is -2.44. The maximum absolute atomic E-state index is 11.1. The van der Waals surface area contributed by atoms with Crippen molar-refractivity contribution in [2.75, 3.05) is 7.11 Å². The Bertz CT molecular complexity index is 247. The summed E-state index contributed by atoms with van der Waals surface area (Å²) in [7, 11) is 1.37. The molecule has 0 aromatic rings. The number of carbonyl (C=O) groups is 1. The predicted octanol–water partition coefficient (Wildman–Crippen LogP) is 1.65. The van der Waals surface area contributed by atoms with Crippen LogP contribution >= 0.6 is 0 Å². The first-order valence-corrected chi connectivity index (χ1v) is 5.02. The van der Waals surface area contributed by atoms with Crippen LogP contribution in [0.25, 0.3) is 0 Å². The van der Waals surface area contributed by atoms with Gasteiger partial charge in [0.2, 0.25) is 0 Å². The summed E-state index contributed by atoms with van der Waals surface area (Å²) in [5.74, 6) is -0.934. The third-order valence-corrected chi connectivity index (χ3v) is 2.27. The number of hydrogen-bond donors (Lipinski definition) is 0. The molecule has 0 radical (unpaired) electrons. The molecule has 0 unspecified atom stereocenters. The first-order chi connectivity index (χ1) is 6.96. The highest BCUT2D eigenvalue weighted by Gasteiger charge is 2.35. The van der Waals surface area contributed by atoms with E-state index < -0.39 is 5.79 Å². The molecule has 4 nitrogen and oxygen atoms in total. The molecule has 15 heavy (non-hydrogen) atoms. The van der Waals surface area contributed by atoms with E-state index in [1.54, 1.807) is 6.08 Å². The van der Waals surface area contributed by atoms with Gasteiger partial charge in [-0.3, -0.25) is 4.79 Å². The zero-order chi connectivity index (χ0) is 11.5. The zero-order valence-corrected chi connectivity index (χ0v) is 9.49. The largest absolute Gasteiger partial charge is 0.469 e. The first-order valence-electron chi connectivity index (χ1n) is 5.02. The number of carbonyl (C=O) groups excluding carboxylic acids is 1. The van der Waals surface area contributed by atoms with Crippen molar-refractivity contribution in [1.82, 2.24) is 0 Å². The van der Waals surface area contributed by atoms with Crippen LogP contribution in [0.3, 0.4) is 0 Å². The average molecular weight is 214 g/mol.